The van der Waals surface area contributed by atoms with Crippen LogP contribution in [-0.2, 0) is 4.74 Å². The smallest absolute Gasteiger partial charge is 0.255 e. The maximum Gasteiger partial charge on any atom is 0.255 e. The second-order valence-electron chi connectivity index (χ2n) is 7.10. The predicted molar refractivity (Wildman–Crippen MR) is 90.7 cm³/mol. The Bertz CT molecular complexity index is 621. The van der Waals surface area contributed by atoms with Gasteiger partial charge in [-0.15, -0.1) is 0 Å². The Labute approximate surface area is 138 Å². The highest BCUT2D eigenvalue weighted by molar-refractivity contribution is 5.95. The summed E-state index contributed by atoms with van der Waals surface area (Å²) in [6, 6.07) is 1.61. The van der Waals surface area contributed by atoms with Gasteiger partial charge in [0.25, 0.3) is 5.91 Å². The van der Waals surface area contributed by atoms with Gasteiger partial charge in [0.1, 0.15) is 0 Å². The van der Waals surface area contributed by atoms with Crippen LogP contribution in [0.4, 0.5) is 0 Å². The van der Waals surface area contributed by atoms with E-state index in [0.29, 0.717) is 11.1 Å². The van der Waals surface area contributed by atoms with Crippen LogP contribution in [0.3, 0.4) is 0 Å². The molecule has 1 aromatic rings. The number of aryl methyl sites for hydroxylation is 1. The first-order valence-corrected chi connectivity index (χ1v) is 8.37. The van der Waals surface area contributed by atoms with Gasteiger partial charge in [-0.05, 0) is 25.3 Å². The van der Waals surface area contributed by atoms with Crippen molar-refractivity contribution in [3.63, 3.8) is 0 Å². The van der Waals surface area contributed by atoms with Crippen molar-refractivity contribution in [3.05, 3.63) is 33.7 Å². The molecule has 1 aliphatic rings. The van der Waals surface area contributed by atoms with Gasteiger partial charge in [-0.1, -0.05) is 27.2 Å². The quantitative estimate of drug-likeness (QED) is 0.820. The molecule has 0 spiro atoms. The van der Waals surface area contributed by atoms with Crippen LogP contribution in [0.25, 0.3) is 0 Å². The molecule has 1 saturated carbocycles. The number of hydrogen-bond donors (Lipinski definition) is 1. The molecule has 128 valence electrons. The van der Waals surface area contributed by atoms with Crippen LogP contribution in [0.5, 0.6) is 0 Å². The van der Waals surface area contributed by atoms with E-state index in [2.05, 4.69) is 25.8 Å². The molecule has 0 radical (unpaired) electrons. The normalized spacial score (nSPS) is 22.5. The molecular weight excluding hydrogens is 292 g/mol. The number of unbranched alkanes of at least 4 members (excludes halogenated alkanes) is 1. The van der Waals surface area contributed by atoms with Crippen molar-refractivity contribution in [2.24, 2.45) is 5.41 Å². The van der Waals surface area contributed by atoms with Crippen LogP contribution in [0.2, 0.25) is 0 Å². The molecule has 2 atom stereocenters. The summed E-state index contributed by atoms with van der Waals surface area (Å²) in [7, 11) is 1.83. The van der Waals surface area contributed by atoms with Crippen molar-refractivity contribution in [1.82, 2.24) is 9.88 Å². The molecule has 1 fully saturated rings. The molecule has 1 aromatic heterocycles. The second kappa shape index (κ2) is 6.87. The third-order valence-corrected chi connectivity index (χ3v) is 5.09. The molecule has 0 aliphatic heterocycles. The van der Waals surface area contributed by atoms with Gasteiger partial charge in [0.05, 0.1) is 11.7 Å². The van der Waals surface area contributed by atoms with Crippen LogP contribution >= 0.6 is 0 Å². The Kier molecular flexibility index (Phi) is 5.30. The Morgan fingerprint density at radius 3 is 2.74 bits per heavy atom. The minimum atomic E-state index is -0.185. The third kappa shape index (κ3) is 3.50. The van der Waals surface area contributed by atoms with Crippen molar-refractivity contribution >= 4 is 5.91 Å². The van der Waals surface area contributed by atoms with Crippen molar-refractivity contribution in [3.8, 4) is 0 Å². The molecule has 0 bridgehead atoms. The zero-order valence-electron chi connectivity index (χ0n) is 14.8. The van der Waals surface area contributed by atoms with Gasteiger partial charge in [-0.25, -0.2) is 0 Å². The number of H-pyrrole nitrogens is 1. The van der Waals surface area contributed by atoms with Crippen molar-refractivity contribution < 1.29 is 9.53 Å². The number of carbonyl (C=O) groups is 1. The number of aromatic nitrogens is 1. The summed E-state index contributed by atoms with van der Waals surface area (Å²) >= 11 is 0. The lowest BCUT2D eigenvalue weighted by molar-refractivity contribution is -0.140. The highest BCUT2D eigenvalue weighted by Crippen LogP contribution is 2.45. The Morgan fingerprint density at radius 2 is 2.17 bits per heavy atom. The maximum atomic E-state index is 12.7. The van der Waals surface area contributed by atoms with Gasteiger partial charge in [0, 0.05) is 37.4 Å². The van der Waals surface area contributed by atoms with E-state index in [9.17, 15) is 9.59 Å². The first-order chi connectivity index (χ1) is 10.8. The molecule has 0 aromatic carbocycles. The maximum absolute atomic E-state index is 12.7. The number of amides is 1. The third-order valence-electron chi connectivity index (χ3n) is 5.09. The Hall–Kier alpha value is -1.62. The van der Waals surface area contributed by atoms with E-state index in [1.54, 1.807) is 11.8 Å². The minimum absolute atomic E-state index is 0.0520. The summed E-state index contributed by atoms with van der Waals surface area (Å²) in [5.41, 5.74) is 1.01. The Morgan fingerprint density at radius 1 is 1.48 bits per heavy atom. The molecule has 5 heteroatoms. The molecule has 23 heavy (non-hydrogen) atoms. The number of nitrogens with one attached hydrogen (secondary N) is 1. The molecule has 1 heterocycles. The topological polar surface area (TPSA) is 62.4 Å². The van der Waals surface area contributed by atoms with Gasteiger partial charge < -0.3 is 14.6 Å². The number of aromatic amines is 1. The zero-order chi connectivity index (χ0) is 17.2. The number of pyridine rings is 1. The number of nitrogens with zero attached hydrogens (tertiary/aromatic N) is 1. The molecule has 1 N–H and O–H groups in total. The van der Waals surface area contributed by atoms with Crippen LogP contribution in [-0.4, -0.2) is 41.6 Å². The first-order valence-electron chi connectivity index (χ1n) is 8.37. The van der Waals surface area contributed by atoms with Gasteiger partial charge in [-0.2, -0.15) is 0 Å². The second-order valence-corrected chi connectivity index (χ2v) is 7.10. The summed E-state index contributed by atoms with van der Waals surface area (Å²) in [6.45, 7) is 9.03. The number of rotatable bonds is 6. The highest BCUT2D eigenvalue weighted by atomic mass is 16.5. The van der Waals surface area contributed by atoms with Crippen LogP contribution < -0.4 is 5.56 Å². The van der Waals surface area contributed by atoms with E-state index in [1.807, 2.05) is 7.05 Å². The largest absolute Gasteiger partial charge is 0.378 e. The van der Waals surface area contributed by atoms with Crippen LogP contribution in [0, 0.1) is 12.3 Å². The highest BCUT2D eigenvalue weighted by Gasteiger charge is 2.52. The van der Waals surface area contributed by atoms with E-state index in [-0.39, 0.29) is 29.0 Å². The van der Waals surface area contributed by atoms with Crippen LogP contribution in [0.1, 0.15) is 56.0 Å². The van der Waals surface area contributed by atoms with Gasteiger partial charge in [0.2, 0.25) is 5.56 Å². The first kappa shape index (κ1) is 17.7. The van der Waals surface area contributed by atoms with E-state index in [0.717, 1.165) is 25.9 Å². The van der Waals surface area contributed by atoms with E-state index in [4.69, 9.17) is 4.74 Å². The number of hydrogen-bond acceptors (Lipinski definition) is 3. The van der Waals surface area contributed by atoms with Gasteiger partial charge in [-0.3, -0.25) is 9.59 Å². The summed E-state index contributed by atoms with van der Waals surface area (Å²) in [6.07, 6.45) is 4.77. The average Bonchev–Trinajstić information content (AvgIpc) is 2.49. The molecule has 1 aliphatic carbocycles. The van der Waals surface area contributed by atoms with Crippen LogP contribution in [0.15, 0.2) is 17.1 Å². The van der Waals surface area contributed by atoms with E-state index >= 15 is 0 Å². The average molecular weight is 320 g/mol. The SMILES string of the molecule is CCCCOC1CC(N(C)C(=O)c2c[nH]c(=O)cc2C)C1(C)C. The Balaban J connectivity index is 2.05. The fourth-order valence-electron chi connectivity index (χ4n) is 3.31. The predicted octanol–water partition coefficient (Wildman–Crippen LogP) is 2.74. The molecule has 1 amide bonds. The number of carbonyl (C=O) groups excluding carboxylic acids is 1. The molecule has 2 unspecified atom stereocenters. The standard InChI is InChI=1S/C18H28N2O3/c1-6-7-8-23-15-10-14(18(15,3)4)20(5)17(22)13-11-19-16(21)9-12(13)2/h9,11,14-15H,6-8,10H2,1-5H3,(H,19,21). The van der Waals surface area contributed by atoms with Crippen molar-refractivity contribution in [2.75, 3.05) is 13.7 Å². The number of ether oxygens (including phenoxy) is 1. The minimum Gasteiger partial charge on any atom is -0.378 e. The fraction of sp³-hybridized carbons (Fsp3) is 0.667. The summed E-state index contributed by atoms with van der Waals surface area (Å²) in [5.74, 6) is -0.0520. The zero-order valence-corrected chi connectivity index (χ0v) is 14.8. The molecular formula is C18H28N2O3. The van der Waals surface area contributed by atoms with Crippen molar-refractivity contribution in [2.45, 2.75) is 59.1 Å². The lowest BCUT2D eigenvalue weighted by Crippen LogP contribution is -2.62. The van der Waals surface area contributed by atoms with Crippen molar-refractivity contribution in [1.29, 1.82) is 0 Å². The van der Waals surface area contributed by atoms with Gasteiger partial charge >= 0.3 is 0 Å². The fourth-order valence-corrected chi connectivity index (χ4v) is 3.31. The monoisotopic (exact) mass is 320 g/mol. The van der Waals surface area contributed by atoms with E-state index in [1.165, 1.54) is 12.3 Å². The van der Waals surface area contributed by atoms with E-state index < -0.39 is 0 Å². The summed E-state index contributed by atoms with van der Waals surface area (Å²) in [5, 5.41) is 0. The summed E-state index contributed by atoms with van der Waals surface area (Å²) in [4.78, 5) is 28.4. The lowest BCUT2D eigenvalue weighted by atomic mass is 9.63. The molecule has 0 saturated heterocycles. The van der Waals surface area contributed by atoms with Gasteiger partial charge in [0.15, 0.2) is 0 Å². The molecule has 5 nitrogen and oxygen atoms in total. The molecule has 2 rings (SSSR count). The lowest BCUT2D eigenvalue weighted by Gasteiger charge is -2.55. The summed E-state index contributed by atoms with van der Waals surface area (Å²) < 4.78 is 5.95.